The molecule has 0 aliphatic carbocycles. The molecule has 5 heteroatoms. The summed E-state index contributed by atoms with van der Waals surface area (Å²) in [5, 5.41) is 6.60. The Labute approximate surface area is 122 Å². The fourth-order valence-corrected chi connectivity index (χ4v) is 1.69. The van der Waals surface area contributed by atoms with Crippen LogP contribution < -0.4 is 10.6 Å². The Hall–Kier alpha value is -1.62. The lowest BCUT2D eigenvalue weighted by atomic mass is 10.3. The maximum atomic E-state index is 4.56. The summed E-state index contributed by atoms with van der Waals surface area (Å²) >= 11 is 0. The Morgan fingerprint density at radius 1 is 1.30 bits per heavy atom. The summed E-state index contributed by atoms with van der Waals surface area (Å²) in [5.74, 6) is 0.882. The molecule has 0 aliphatic rings. The molecule has 20 heavy (non-hydrogen) atoms. The third-order valence-corrected chi connectivity index (χ3v) is 3.04. The van der Waals surface area contributed by atoms with Crippen molar-refractivity contribution in [1.29, 1.82) is 0 Å². The molecule has 0 atom stereocenters. The number of aliphatic imine (C=N–C) groups is 1. The number of likely N-dealkylation sites (N-methyl/N-ethyl adjacent to an activating group) is 1. The van der Waals surface area contributed by atoms with Gasteiger partial charge in [-0.05, 0) is 32.6 Å². The first-order chi connectivity index (χ1) is 9.76. The minimum absolute atomic E-state index is 0.809. The number of hydrogen-bond donors (Lipinski definition) is 2. The lowest BCUT2D eigenvalue weighted by Gasteiger charge is -2.14. The zero-order valence-electron chi connectivity index (χ0n) is 12.9. The van der Waals surface area contributed by atoms with Crippen LogP contribution in [0.25, 0.3) is 0 Å². The molecular formula is C15H27N5. The molecule has 0 saturated carbocycles. The van der Waals surface area contributed by atoms with Crippen LogP contribution in [0.15, 0.2) is 29.4 Å². The van der Waals surface area contributed by atoms with Gasteiger partial charge in [-0.3, -0.25) is 9.98 Å². The van der Waals surface area contributed by atoms with E-state index < -0.39 is 0 Å². The van der Waals surface area contributed by atoms with E-state index in [0.717, 1.165) is 50.8 Å². The van der Waals surface area contributed by atoms with Crippen molar-refractivity contribution in [3.8, 4) is 0 Å². The number of nitrogens with zero attached hydrogens (tertiary/aromatic N) is 3. The Morgan fingerprint density at radius 3 is 2.80 bits per heavy atom. The molecule has 2 N–H and O–H groups in total. The van der Waals surface area contributed by atoms with Crippen molar-refractivity contribution >= 4 is 5.96 Å². The van der Waals surface area contributed by atoms with E-state index in [1.807, 2.05) is 24.4 Å². The summed E-state index contributed by atoms with van der Waals surface area (Å²) < 4.78 is 0. The van der Waals surface area contributed by atoms with Crippen LogP contribution in [0, 0.1) is 0 Å². The Bertz CT molecular complexity index is 377. The number of guanidine groups is 1. The second-order valence-corrected chi connectivity index (χ2v) is 4.65. The maximum Gasteiger partial charge on any atom is 0.191 e. The first-order valence-electron chi connectivity index (χ1n) is 7.36. The van der Waals surface area contributed by atoms with Gasteiger partial charge in [-0.25, -0.2) is 0 Å². The number of aromatic nitrogens is 1. The SMILES string of the molecule is CCNC(=NCCN(C)CC)NCCc1ccccn1. The van der Waals surface area contributed by atoms with Crippen LogP contribution in [-0.4, -0.2) is 55.6 Å². The predicted molar refractivity (Wildman–Crippen MR) is 85.1 cm³/mol. The number of rotatable bonds is 8. The third-order valence-electron chi connectivity index (χ3n) is 3.04. The smallest absolute Gasteiger partial charge is 0.191 e. The molecule has 0 radical (unpaired) electrons. The van der Waals surface area contributed by atoms with Crippen molar-refractivity contribution in [3.05, 3.63) is 30.1 Å². The van der Waals surface area contributed by atoms with Crippen molar-refractivity contribution < 1.29 is 0 Å². The van der Waals surface area contributed by atoms with Crippen LogP contribution in [0.5, 0.6) is 0 Å². The average molecular weight is 277 g/mol. The van der Waals surface area contributed by atoms with E-state index in [4.69, 9.17) is 0 Å². The molecule has 0 amide bonds. The van der Waals surface area contributed by atoms with E-state index in [-0.39, 0.29) is 0 Å². The molecule has 0 unspecified atom stereocenters. The fraction of sp³-hybridized carbons (Fsp3) is 0.600. The second-order valence-electron chi connectivity index (χ2n) is 4.65. The monoisotopic (exact) mass is 277 g/mol. The summed E-state index contributed by atoms with van der Waals surface area (Å²) in [6.45, 7) is 8.79. The average Bonchev–Trinajstić information content (AvgIpc) is 2.48. The van der Waals surface area contributed by atoms with Gasteiger partial charge < -0.3 is 15.5 Å². The van der Waals surface area contributed by atoms with Gasteiger partial charge in [0.2, 0.25) is 0 Å². The van der Waals surface area contributed by atoms with E-state index in [9.17, 15) is 0 Å². The van der Waals surface area contributed by atoms with E-state index >= 15 is 0 Å². The van der Waals surface area contributed by atoms with Gasteiger partial charge in [0.1, 0.15) is 0 Å². The minimum atomic E-state index is 0.809. The van der Waals surface area contributed by atoms with Gasteiger partial charge in [0.15, 0.2) is 5.96 Å². The summed E-state index contributed by atoms with van der Waals surface area (Å²) in [7, 11) is 2.11. The molecule has 1 aromatic rings. The highest BCUT2D eigenvalue weighted by Crippen LogP contribution is 1.93. The Morgan fingerprint density at radius 2 is 2.15 bits per heavy atom. The lowest BCUT2D eigenvalue weighted by Crippen LogP contribution is -2.39. The summed E-state index contributed by atoms with van der Waals surface area (Å²) in [6.07, 6.45) is 2.73. The Kier molecular flexibility index (Phi) is 8.38. The molecule has 112 valence electrons. The molecule has 5 nitrogen and oxygen atoms in total. The highest BCUT2D eigenvalue weighted by molar-refractivity contribution is 5.79. The number of pyridine rings is 1. The van der Waals surface area contributed by atoms with Crippen molar-refractivity contribution in [3.63, 3.8) is 0 Å². The molecule has 0 saturated heterocycles. The lowest BCUT2D eigenvalue weighted by molar-refractivity contribution is 0.363. The van der Waals surface area contributed by atoms with Crippen molar-refractivity contribution in [2.45, 2.75) is 20.3 Å². The molecule has 1 rings (SSSR count). The van der Waals surface area contributed by atoms with E-state index in [1.54, 1.807) is 0 Å². The maximum absolute atomic E-state index is 4.56. The summed E-state index contributed by atoms with van der Waals surface area (Å²) in [6, 6.07) is 6.00. The van der Waals surface area contributed by atoms with Gasteiger partial charge in [0.05, 0.1) is 6.54 Å². The predicted octanol–water partition coefficient (Wildman–Crippen LogP) is 1.13. The number of nitrogens with one attached hydrogen (secondary N) is 2. The minimum Gasteiger partial charge on any atom is -0.357 e. The topological polar surface area (TPSA) is 52.6 Å². The van der Waals surface area contributed by atoms with Crippen LogP contribution in [0.3, 0.4) is 0 Å². The molecule has 0 spiro atoms. The van der Waals surface area contributed by atoms with Crippen LogP contribution in [0.2, 0.25) is 0 Å². The second kappa shape index (κ2) is 10.2. The van der Waals surface area contributed by atoms with Gasteiger partial charge >= 0.3 is 0 Å². The molecular weight excluding hydrogens is 250 g/mol. The largest absolute Gasteiger partial charge is 0.357 e. The molecule has 1 aromatic heterocycles. The zero-order valence-corrected chi connectivity index (χ0v) is 12.9. The molecule has 0 aliphatic heterocycles. The molecule has 0 aromatic carbocycles. The van der Waals surface area contributed by atoms with Gasteiger partial charge in [0.25, 0.3) is 0 Å². The van der Waals surface area contributed by atoms with Crippen LogP contribution >= 0.6 is 0 Å². The quantitative estimate of drug-likeness (QED) is 0.552. The van der Waals surface area contributed by atoms with Crippen molar-refractivity contribution in [2.24, 2.45) is 4.99 Å². The van der Waals surface area contributed by atoms with E-state index in [0.29, 0.717) is 0 Å². The van der Waals surface area contributed by atoms with Crippen LogP contribution in [0.1, 0.15) is 19.5 Å². The van der Waals surface area contributed by atoms with Gasteiger partial charge in [0, 0.05) is 37.9 Å². The highest BCUT2D eigenvalue weighted by atomic mass is 15.2. The summed E-state index contributed by atoms with van der Waals surface area (Å²) in [4.78, 5) is 11.1. The molecule has 0 bridgehead atoms. The standard InChI is InChI=1S/C15H27N5/c1-4-16-15(19-12-13-20(3)5-2)18-11-9-14-8-6-7-10-17-14/h6-8,10H,4-5,9,11-13H2,1-3H3,(H2,16,18,19). The highest BCUT2D eigenvalue weighted by Gasteiger charge is 1.99. The Balaban J connectivity index is 2.32. The first-order valence-corrected chi connectivity index (χ1v) is 7.36. The molecule has 0 fully saturated rings. The van der Waals surface area contributed by atoms with Gasteiger partial charge in [-0.15, -0.1) is 0 Å². The van der Waals surface area contributed by atoms with Crippen LogP contribution in [-0.2, 0) is 6.42 Å². The third kappa shape index (κ3) is 7.09. The van der Waals surface area contributed by atoms with Crippen molar-refractivity contribution in [1.82, 2.24) is 20.5 Å². The van der Waals surface area contributed by atoms with Gasteiger partial charge in [-0.1, -0.05) is 13.0 Å². The molecule has 1 heterocycles. The first kappa shape index (κ1) is 16.4. The van der Waals surface area contributed by atoms with E-state index in [2.05, 4.69) is 46.4 Å². The van der Waals surface area contributed by atoms with Gasteiger partial charge in [-0.2, -0.15) is 0 Å². The normalized spacial score (nSPS) is 11.7. The zero-order chi connectivity index (χ0) is 14.6. The number of hydrogen-bond acceptors (Lipinski definition) is 3. The summed E-state index contributed by atoms with van der Waals surface area (Å²) in [5.41, 5.74) is 1.10. The fourth-order valence-electron chi connectivity index (χ4n) is 1.69. The van der Waals surface area contributed by atoms with E-state index in [1.165, 1.54) is 0 Å². The van der Waals surface area contributed by atoms with Crippen molar-refractivity contribution in [2.75, 3.05) is 39.8 Å². The van der Waals surface area contributed by atoms with Crippen LogP contribution in [0.4, 0.5) is 0 Å².